The Morgan fingerprint density at radius 2 is 2.21 bits per heavy atom. The minimum atomic E-state index is -0.458. The molecule has 0 aromatic carbocycles. The molecule has 4 heteroatoms. The highest BCUT2D eigenvalue weighted by atomic mass is 16.6. The SMILES string of the molecule is C=C(OC(=O)N(C)C)c1ccccn1. The van der Waals surface area contributed by atoms with Crippen LogP contribution >= 0.6 is 0 Å². The zero-order chi connectivity index (χ0) is 10.6. The second kappa shape index (κ2) is 4.41. The standard InChI is InChI=1S/C10H12N2O2/c1-8(14-10(13)12(2)3)9-6-4-5-7-11-9/h4-7H,1H2,2-3H3. The zero-order valence-electron chi connectivity index (χ0n) is 8.23. The normalized spacial score (nSPS) is 9.29. The number of nitrogens with zero attached hydrogens (tertiary/aromatic N) is 2. The van der Waals surface area contributed by atoms with Crippen LogP contribution in [-0.2, 0) is 4.74 Å². The van der Waals surface area contributed by atoms with Crippen molar-refractivity contribution >= 4 is 11.9 Å². The van der Waals surface area contributed by atoms with Crippen molar-refractivity contribution in [3.63, 3.8) is 0 Å². The predicted molar refractivity (Wildman–Crippen MR) is 53.4 cm³/mol. The fraction of sp³-hybridized carbons (Fsp3) is 0.200. The van der Waals surface area contributed by atoms with Gasteiger partial charge in [0, 0.05) is 20.3 Å². The van der Waals surface area contributed by atoms with Crippen molar-refractivity contribution in [3.05, 3.63) is 36.7 Å². The molecule has 0 aliphatic carbocycles. The highest BCUT2D eigenvalue weighted by molar-refractivity contribution is 5.74. The van der Waals surface area contributed by atoms with Gasteiger partial charge >= 0.3 is 6.09 Å². The number of aromatic nitrogens is 1. The molecule has 0 bridgehead atoms. The van der Waals surface area contributed by atoms with Crippen molar-refractivity contribution in [1.82, 2.24) is 9.88 Å². The van der Waals surface area contributed by atoms with E-state index in [1.807, 2.05) is 0 Å². The fourth-order valence-corrected chi connectivity index (χ4v) is 0.777. The molecule has 1 heterocycles. The lowest BCUT2D eigenvalue weighted by molar-refractivity contribution is 0.162. The third kappa shape index (κ3) is 2.58. The maximum absolute atomic E-state index is 11.1. The third-order valence-electron chi connectivity index (χ3n) is 1.53. The van der Waals surface area contributed by atoms with Gasteiger partial charge in [0.2, 0.25) is 0 Å². The molecule has 0 unspecified atom stereocenters. The summed E-state index contributed by atoms with van der Waals surface area (Å²) in [4.78, 5) is 16.5. The Morgan fingerprint density at radius 1 is 1.50 bits per heavy atom. The number of hydrogen-bond acceptors (Lipinski definition) is 3. The second-order valence-electron chi connectivity index (χ2n) is 2.90. The lowest BCUT2D eigenvalue weighted by Crippen LogP contribution is -2.22. The molecule has 0 aliphatic heterocycles. The van der Waals surface area contributed by atoms with Crippen LogP contribution in [0.3, 0.4) is 0 Å². The summed E-state index contributed by atoms with van der Waals surface area (Å²) < 4.78 is 4.93. The number of carbonyl (C=O) groups excluding carboxylic acids is 1. The molecule has 1 rings (SSSR count). The summed E-state index contributed by atoms with van der Waals surface area (Å²) in [7, 11) is 3.21. The molecule has 0 spiro atoms. The summed E-state index contributed by atoms with van der Waals surface area (Å²) in [6.07, 6.45) is 1.16. The van der Waals surface area contributed by atoms with Crippen molar-refractivity contribution in [1.29, 1.82) is 0 Å². The summed E-state index contributed by atoms with van der Waals surface area (Å²) in [6, 6.07) is 5.31. The minimum absolute atomic E-state index is 0.254. The van der Waals surface area contributed by atoms with Crippen LogP contribution in [0.5, 0.6) is 0 Å². The van der Waals surface area contributed by atoms with Crippen molar-refractivity contribution < 1.29 is 9.53 Å². The Hall–Kier alpha value is -1.84. The molecule has 1 amide bonds. The van der Waals surface area contributed by atoms with Crippen LogP contribution in [0.25, 0.3) is 5.76 Å². The maximum Gasteiger partial charge on any atom is 0.414 e. The van der Waals surface area contributed by atoms with Gasteiger partial charge in [-0.3, -0.25) is 4.98 Å². The van der Waals surface area contributed by atoms with Crippen LogP contribution in [0.15, 0.2) is 31.0 Å². The van der Waals surface area contributed by atoms with Crippen molar-refractivity contribution in [2.75, 3.05) is 14.1 Å². The van der Waals surface area contributed by atoms with Gasteiger partial charge in [0.1, 0.15) is 5.69 Å². The largest absolute Gasteiger partial charge is 0.414 e. The van der Waals surface area contributed by atoms with E-state index in [9.17, 15) is 4.79 Å². The third-order valence-corrected chi connectivity index (χ3v) is 1.53. The van der Waals surface area contributed by atoms with Gasteiger partial charge in [-0.15, -0.1) is 0 Å². The molecular weight excluding hydrogens is 180 g/mol. The van der Waals surface area contributed by atoms with Crippen molar-refractivity contribution in [2.24, 2.45) is 0 Å². The Morgan fingerprint density at radius 3 is 2.71 bits per heavy atom. The van der Waals surface area contributed by atoms with E-state index in [0.717, 1.165) is 0 Å². The molecular formula is C10H12N2O2. The number of carbonyl (C=O) groups is 1. The van der Waals surface area contributed by atoms with Crippen molar-refractivity contribution in [3.8, 4) is 0 Å². The molecule has 0 atom stereocenters. The van der Waals surface area contributed by atoms with Gasteiger partial charge < -0.3 is 9.64 Å². The number of hydrogen-bond donors (Lipinski definition) is 0. The molecule has 0 fully saturated rings. The van der Waals surface area contributed by atoms with E-state index < -0.39 is 6.09 Å². The quantitative estimate of drug-likeness (QED) is 0.670. The highest BCUT2D eigenvalue weighted by Crippen LogP contribution is 2.10. The number of ether oxygens (including phenoxy) is 1. The van der Waals surface area contributed by atoms with E-state index >= 15 is 0 Å². The monoisotopic (exact) mass is 192 g/mol. The summed E-state index contributed by atoms with van der Waals surface area (Å²) in [5, 5.41) is 0. The predicted octanol–water partition coefficient (Wildman–Crippen LogP) is 1.75. The maximum atomic E-state index is 11.1. The number of amides is 1. The topological polar surface area (TPSA) is 42.4 Å². The summed E-state index contributed by atoms with van der Waals surface area (Å²) in [5.41, 5.74) is 0.558. The first-order valence-corrected chi connectivity index (χ1v) is 4.10. The van der Waals surface area contributed by atoms with Crippen LogP contribution in [0.2, 0.25) is 0 Å². The first kappa shape index (κ1) is 10.2. The van der Waals surface area contributed by atoms with Gasteiger partial charge in [-0.25, -0.2) is 4.79 Å². The summed E-state index contributed by atoms with van der Waals surface area (Å²) in [6.45, 7) is 3.62. The van der Waals surface area contributed by atoms with E-state index in [1.165, 1.54) is 4.90 Å². The van der Waals surface area contributed by atoms with E-state index in [-0.39, 0.29) is 5.76 Å². The van der Waals surface area contributed by atoms with Crippen LogP contribution < -0.4 is 0 Å². The lowest BCUT2D eigenvalue weighted by atomic mass is 10.3. The molecule has 74 valence electrons. The van der Waals surface area contributed by atoms with E-state index in [4.69, 9.17) is 4.74 Å². The average molecular weight is 192 g/mol. The Bertz CT molecular complexity index is 333. The van der Waals surface area contributed by atoms with Crippen LogP contribution in [0, 0.1) is 0 Å². The van der Waals surface area contributed by atoms with E-state index in [0.29, 0.717) is 5.69 Å². The molecule has 4 nitrogen and oxygen atoms in total. The van der Waals surface area contributed by atoms with E-state index in [2.05, 4.69) is 11.6 Å². The second-order valence-corrected chi connectivity index (χ2v) is 2.90. The summed E-state index contributed by atoms with van der Waals surface area (Å²) in [5.74, 6) is 0.254. The van der Waals surface area contributed by atoms with Crippen LogP contribution in [0.1, 0.15) is 5.69 Å². The molecule has 0 aliphatic rings. The van der Waals surface area contributed by atoms with Gasteiger partial charge in [-0.1, -0.05) is 12.6 Å². The van der Waals surface area contributed by atoms with Gasteiger partial charge in [-0.2, -0.15) is 0 Å². The molecule has 14 heavy (non-hydrogen) atoms. The van der Waals surface area contributed by atoms with Gasteiger partial charge in [0.05, 0.1) is 0 Å². The summed E-state index contributed by atoms with van der Waals surface area (Å²) >= 11 is 0. The smallest absolute Gasteiger partial charge is 0.409 e. The highest BCUT2D eigenvalue weighted by Gasteiger charge is 2.09. The van der Waals surface area contributed by atoms with Crippen molar-refractivity contribution in [2.45, 2.75) is 0 Å². The van der Waals surface area contributed by atoms with Crippen LogP contribution in [-0.4, -0.2) is 30.1 Å². The van der Waals surface area contributed by atoms with Gasteiger partial charge in [0.25, 0.3) is 0 Å². The minimum Gasteiger partial charge on any atom is -0.409 e. The Kier molecular flexibility index (Phi) is 3.23. The molecule has 0 N–H and O–H groups in total. The van der Waals surface area contributed by atoms with Gasteiger partial charge in [0.15, 0.2) is 5.76 Å². The molecule has 0 saturated carbocycles. The average Bonchev–Trinajstić information content (AvgIpc) is 2.19. The first-order chi connectivity index (χ1) is 6.61. The molecule has 0 radical (unpaired) electrons. The van der Waals surface area contributed by atoms with Gasteiger partial charge in [-0.05, 0) is 12.1 Å². The molecule has 1 aromatic heterocycles. The Labute approximate surface area is 82.8 Å². The fourth-order valence-electron chi connectivity index (χ4n) is 0.777. The molecule has 0 saturated heterocycles. The number of pyridine rings is 1. The lowest BCUT2D eigenvalue weighted by Gasteiger charge is -2.11. The van der Waals surface area contributed by atoms with Crippen LogP contribution in [0.4, 0.5) is 4.79 Å². The first-order valence-electron chi connectivity index (χ1n) is 4.10. The number of rotatable bonds is 2. The Balaban J connectivity index is 2.65. The van der Waals surface area contributed by atoms with E-state index in [1.54, 1.807) is 38.5 Å². The zero-order valence-corrected chi connectivity index (χ0v) is 8.23. The molecule has 1 aromatic rings.